The smallest absolute Gasteiger partial charge is 0.306 e. The van der Waals surface area contributed by atoms with E-state index in [-0.39, 0.29) is 29.2 Å². The largest absolute Gasteiger partial charge is 0.484 e. The van der Waals surface area contributed by atoms with Gasteiger partial charge in [0, 0.05) is 11.6 Å². The summed E-state index contributed by atoms with van der Waals surface area (Å²) in [6.07, 6.45) is 5.05. The van der Waals surface area contributed by atoms with E-state index in [2.05, 4.69) is 9.97 Å². The van der Waals surface area contributed by atoms with Gasteiger partial charge in [-0.3, -0.25) is 9.78 Å². The van der Waals surface area contributed by atoms with Crippen LogP contribution in [-0.4, -0.2) is 46.4 Å². The Labute approximate surface area is 225 Å². The summed E-state index contributed by atoms with van der Waals surface area (Å²) in [5, 5.41) is 9.69. The van der Waals surface area contributed by atoms with E-state index in [9.17, 15) is 14.3 Å². The van der Waals surface area contributed by atoms with E-state index in [1.165, 1.54) is 13.2 Å². The Hall–Kier alpha value is -3.63. The van der Waals surface area contributed by atoms with Gasteiger partial charge in [-0.2, -0.15) is 0 Å². The van der Waals surface area contributed by atoms with Gasteiger partial charge in [-0.25, -0.2) is 14.4 Å². The molecule has 1 aromatic carbocycles. The number of ether oxygens (including phenoxy) is 4. The number of hydrogen-bond acceptors (Lipinski definition) is 8. The zero-order valence-electron chi connectivity index (χ0n) is 21.8. The molecule has 39 heavy (non-hydrogen) atoms. The summed E-state index contributed by atoms with van der Waals surface area (Å²) in [6, 6.07) is 7.56. The summed E-state index contributed by atoms with van der Waals surface area (Å²) in [4.78, 5) is 25.1. The molecule has 1 saturated carbocycles. The Morgan fingerprint density at radius 3 is 2.64 bits per heavy atom. The molecule has 204 valence electrons. The van der Waals surface area contributed by atoms with Crippen molar-refractivity contribution >= 4 is 5.97 Å². The molecule has 1 N–H and O–H groups in total. The zero-order chi connectivity index (χ0) is 27.1. The van der Waals surface area contributed by atoms with Crippen LogP contribution in [0.4, 0.5) is 4.39 Å². The lowest BCUT2D eigenvalue weighted by molar-refractivity contribution is -0.142. The van der Waals surface area contributed by atoms with Gasteiger partial charge in [-0.05, 0) is 54.7 Å². The van der Waals surface area contributed by atoms with Crippen molar-refractivity contribution in [3.05, 3.63) is 65.0 Å². The second kappa shape index (κ2) is 10.5. The second-order valence-corrected chi connectivity index (χ2v) is 10.3. The van der Waals surface area contributed by atoms with E-state index in [1.54, 1.807) is 13.1 Å². The van der Waals surface area contributed by atoms with E-state index in [4.69, 9.17) is 23.9 Å². The van der Waals surface area contributed by atoms with Crippen LogP contribution in [0.25, 0.3) is 11.3 Å². The number of pyridine rings is 1. The molecule has 3 atom stereocenters. The summed E-state index contributed by atoms with van der Waals surface area (Å²) >= 11 is 0. The van der Waals surface area contributed by atoms with Crippen molar-refractivity contribution in [3.63, 3.8) is 0 Å². The van der Waals surface area contributed by atoms with Gasteiger partial charge < -0.3 is 24.1 Å². The molecule has 9 nitrogen and oxygen atoms in total. The van der Waals surface area contributed by atoms with Gasteiger partial charge >= 0.3 is 5.97 Å². The summed E-state index contributed by atoms with van der Waals surface area (Å²) in [5.74, 6) is -0.507. The molecule has 0 amide bonds. The highest BCUT2D eigenvalue weighted by Crippen LogP contribution is 2.48. The van der Waals surface area contributed by atoms with Crippen LogP contribution in [0.5, 0.6) is 11.6 Å². The molecule has 6 rings (SSSR count). The fourth-order valence-electron chi connectivity index (χ4n) is 5.55. The Morgan fingerprint density at radius 1 is 1.13 bits per heavy atom. The average Bonchev–Trinajstić information content (AvgIpc) is 3.63. The number of hydrogen-bond donors (Lipinski definition) is 1. The number of aromatic nitrogens is 3. The van der Waals surface area contributed by atoms with Crippen LogP contribution in [0.2, 0.25) is 0 Å². The number of carboxylic acid groups (broad SMARTS) is 1. The Balaban J connectivity index is 1.33. The lowest BCUT2D eigenvalue weighted by atomic mass is 9.82. The van der Waals surface area contributed by atoms with Gasteiger partial charge in [0.25, 0.3) is 0 Å². The van der Waals surface area contributed by atoms with E-state index in [0.717, 1.165) is 42.3 Å². The standard InChI is InChI=1S/C29H30FN3O6/c1-15(28(34)35)25(17-4-5-17)18-6-3-16-7-8-22(39-23(16)11-18)21-14-32-26(27(33-21)29-37-9-10-38-29)19-12-24(36-2)31-13-20(19)30/h3,6,11-15,17,22,25,29H,4-5,7-10H2,1-2H3,(H,34,35). The van der Waals surface area contributed by atoms with Crippen molar-refractivity contribution in [2.75, 3.05) is 20.3 Å². The van der Waals surface area contributed by atoms with Crippen LogP contribution in [0.1, 0.15) is 67.0 Å². The van der Waals surface area contributed by atoms with Gasteiger partial charge in [0.1, 0.15) is 23.2 Å². The minimum absolute atomic E-state index is 0.0497. The number of aliphatic carboxylic acids is 1. The number of methoxy groups -OCH3 is 1. The van der Waals surface area contributed by atoms with Crippen LogP contribution in [0.15, 0.2) is 36.7 Å². The fourth-order valence-corrected chi connectivity index (χ4v) is 5.55. The summed E-state index contributed by atoms with van der Waals surface area (Å²) in [7, 11) is 1.46. The van der Waals surface area contributed by atoms with Crippen molar-refractivity contribution in [3.8, 4) is 22.9 Å². The number of fused-ring (bicyclic) bond motifs is 1. The molecule has 0 spiro atoms. The molecule has 3 unspecified atom stereocenters. The minimum atomic E-state index is -0.787. The highest BCUT2D eigenvalue weighted by Gasteiger charge is 2.39. The van der Waals surface area contributed by atoms with E-state index >= 15 is 0 Å². The number of benzene rings is 1. The quantitative estimate of drug-likeness (QED) is 0.425. The first-order chi connectivity index (χ1) is 18.9. The summed E-state index contributed by atoms with van der Waals surface area (Å²) in [5.41, 5.74) is 3.49. The van der Waals surface area contributed by atoms with Crippen LogP contribution in [-0.2, 0) is 20.7 Å². The molecule has 3 aromatic rings. The van der Waals surface area contributed by atoms with Crippen molar-refractivity contribution < 1.29 is 33.2 Å². The highest BCUT2D eigenvalue weighted by atomic mass is 19.1. The van der Waals surface area contributed by atoms with Gasteiger partial charge in [0.15, 0.2) is 5.82 Å². The van der Waals surface area contributed by atoms with Gasteiger partial charge in [0.2, 0.25) is 12.2 Å². The van der Waals surface area contributed by atoms with E-state index in [0.29, 0.717) is 36.9 Å². The molecule has 1 saturated heterocycles. The predicted molar refractivity (Wildman–Crippen MR) is 137 cm³/mol. The Morgan fingerprint density at radius 2 is 1.92 bits per heavy atom. The molecular formula is C29H30FN3O6. The summed E-state index contributed by atoms with van der Waals surface area (Å²) in [6.45, 7) is 2.57. The van der Waals surface area contributed by atoms with Gasteiger partial charge in [-0.15, -0.1) is 0 Å². The lowest BCUT2D eigenvalue weighted by Gasteiger charge is -2.28. The van der Waals surface area contributed by atoms with Crippen LogP contribution < -0.4 is 9.47 Å². The number of rotatable bonds is 8. The number of halogens is 1. The third kappa shape index (κ3) is 5.06. The third-order valence-corrected chi connectivity index (χ3v) is 7.77. The van der Waals surface area contributed by atoms with E-state index in [1.807, 2.05) is 18.2 Å². The predicted octanol–water partition coefficient (Wildman–Crippen LogP) is 5.01. The molecule has 10 heteroatoms. The van der Waals surface area contributed by atoms with Crippen LogP contribution in [0, 0.1) is 17.7 Å². The molecule has 2 aromatic heterocycles. The molecule has 3 aliphatic rings. The number of aryl methyl sites for hydroxylation is 1. The minimum Gasteiger partial charge on any atom is -0.484 e. The molecule has 2 fully saturated rings. The van der Waals surface area contributed by atoms with Crippen molar-refractivity contribution in [2.24, 2.45) is 11.8 Å². The topological polar surface area (TPSA) is 113 Å². The van der Waals surface area contributed by atoms with Crippen LogP contribution in [0.3, 0.4) is 0 Å². The first-order valence-corrected chi connectivity index (χ1v) is 13.2. The molecule has 0 bridgehead atoms. The van der Waals surface area contributed by atoms with Crippen molar-refractivity contribution in [2.45, 2.75) is 50.9 Å². The third-order valence-electron chi connectivity index (χ3n) is 7.77. The average molecular weight is 536 g/mol. The summed E-state index contributed by atoms with van der Waals surface area (Å²) < 4.78 is 37.9. The zero-order valence-corrected chi connectivity index (χ0v) is 21.8. The van der Waals surface area contributed by atoms with Gasteiger partial charge in [-0.1, -0.05) is 19.1 Å². The maximum atomic E-state index is 14.8. The maximum Gasteiger partial charge on any atom is 0.306 e. The van der Waals surface area contributed by atoms with Crippen LogP contribution >= 0.6 is 0 Å². The number of nitrogens with zero attached hydrogens (tertiary/aromatic N) is 3. The van der Waals surface area contributed by atoms with Crippen molar-refractivity contribution in [1.29, 1.82) is 0 Å². The molecule has 0 radical (unpaired) electrons. The van der Waals surface area contributed by atoms with Crippen molar-refractivity contribution in [1.82, 2.24) is 15.0 Å². The Kier molecular flexibility index (Phi) is 6.90. The highest BCUT2D eigenvalue weighted by molar-refractivity contribution is 5.71. The fraction of sp³-hybridized carbons (Fsp3) is 0.448. The Bertz CT molecular complexity index is 1390. The maximum absolute atomic E-state index is 14.8. The SMILES string of the molecule is COc1cc(-c2ncc(C3CCc4ccc(C(C5CC5)C(C)C(=O)O)cc4O3)nc2C2OCCO2)c(F)cn1. The second-order valence-electron chi connectivity index (χ2n) is 10.3. The number of carboxylic acids is 1. The monoisotopic (exact) mass is 535 g/mol. The molecule has 4 heterocycles. The number of carbonyl (C=O) groups is 1. The first-order valence-electron chi connectivity index (χ1n) is 13.2. The lowest BCUT2D eigenvalue weighted by Crippen LogP contribution is -2.22. The molecule has 2 aliphatic heterocycles. The molecular weight excluding hydrogens is 505 g/mol. The molecule has 1 aliphatic carbocycles. The first kappa shape index (κ1) is 25.6. The normalized spacial score (nSPS) is 20.6. The van der Waals surface area contributed by atoms with Gasteiger partial charge in [0.05, 0.1) is 44.3 Å². The van der Waals surface area contributed by atoms with E-state index < -0.39 is 24.0 Å².